The Morgan fingerprint density at radius 3 is 2.62 bits per heavy atom. The molecule has 0 aliphatic rings. The minimum atomic E-state index is 0.0444. The third-order valence-corrected chi connectivity index (χ3v) is 4.02. The monoisotopic (exact) mass is 304 g/mol. The quantitative estimate of drug-likeness (QED) is 0.753. The molecule has 1 amide bonds. The Kier molecular flexibility index (Phi) is 5.57. The molecule has 2 aromatic rings. The van der Waals surface area contributed by atoms with Crippen LogP contribution >= 0.6 is 11.6 Å². The highest BCUT2D eigenvalue weighted by molar-refractivity contribution is 6.18. The van der Waals surface area contributed by atoms with E-state index in [4.69, 9.17) is 11.6 Å². The van der Waals surface area contributed by atoms with E-state index in [2.05, 4.69) is 18.8 Å². The number of pyridine rings is 1. The number of carbonyl (C=O) groups is 1. The lowest BCUT2D eigenvalue weighted by molar-refractivity contribution is 0.0683. The highest BCUT2D eigenvalue weighted by Gasteiger charge is 2.23. The van der Waals surface area contributed by atoms with E-state index >= 15 is 0 Å². The molecule has 0 N–H and O–H groups in total. The maximum absolute atomic E-state index is 12.9. The van der Waals surface area contributed by atoms with Crippen LogP contribution in [-0.4, -0.2) is 34.3 Å². The van der Waals surface area contributed by atoms with Gasteiger partial charge in [0, 0.05) is 30.0 Å². The smallest absolute Gasteiger partial charge is 0.254 e. The van der Waals surface area contributed by atoms with E-state index < -0.39 is 0 Å². The summed E-state index contributed by atoms with van der Waals surface area (Å²) < 4.78 is 0. The zero-order valence-corrected chi connectivity index (χ0v) is 13.3. The first-order valence-electron chi connectivity index (χ1n) is 7.43. The molecule has 112 valence electrons. The van der Waals surface area contributed by atoms with Crippen molar-refractivity contribution in [1.82, 2.24) is 9.88 Å². The minimum Gasteiger partial charge on any atom is -0.334 e. The van der Waals surface area contributed by atoms with Crippen LogP contribution in [0.2, 0.25) is 0 Å². The van der Waals surface area contributed by atoms with Crippen LogP contribution in [0.3, 0.4) is 0 Å². The molecule has 0 atom stereocenters. The Bertz CT molecular complexity index is 605. The summed E-state index contributed by atoms with van der Waals surface area (Å²) in [7, 11) is 0. The van der Waals surface area contributed by atoms with Crippen molar-refractivity contribution in [3.8, 4) is 0 Å². The van der Waals surface area contributed by atoms with Crippen LogP contribution in [0.25, 0.3) is 10.9 Å². The number of halogens is 1. The lowest BCUT2D eigenvalue weighted by atomic mass is 10.1. The molecule has 4 heteroatoms. The second kappa shape index (κ2) is 7.41. The number of hydrogen-bond donors (Lipinski definition) is 0. The molecule has 3 nitrogen and oxygen atoms in total. The summed E-state index contributed by atoms with van der Waals surface area (Å²) in [5.74, 6) is 0.494. The highest BCUT2D eigenvalue weighted by atomic mass is 35.5. The number of alkyl halides is 1. The van der Waals surface area contributed by atoms with Crippen molar-refractivity contribution in [2.45, 2.75) is 32.7 Å². The van der Waals surface area contributed by atoms with Crippen molar-refractivity contribution < 1.29 is 4.79 Å². The van der Waals surface area contributed by atoms with Crippen LogP contribution in [0.5, 0.6) is 0 Å². The van der Waals surface area contributed by atoms with Gasteiger partial charge in [0.05, 0.1) is 11.1 Å². The molecule has 0 unspecified atom stereocenters. The molecular weight excluding hydrogens is 284 g/mol. The van der Waals surface area contributed by atoms with E-state index in [0.29, 0.717) is 18.0 Å². The van der Waals surface area contributed by atoms with Gasteiger partial charge in [0.15, 0.2) is 0 Å². The number of fused-ring (bicyclic) bond motifs is 1. The standard InChI is InChI=1S/C17H21ClN2O/c1-3-13(4-2)20(12-10-18)17(21)15-9-11-19-16-8-6-5-7-14(15)16/h5-9,11,13H,3-4,10,12H2,1-2H3. The van der Waals surface area contributed by atoms with Crippen LogP contribution in [0, 0.1) is 0 Å². The lowest BCUT2D eigenvalue weighted by Gasteiger charge is -2.30. The van der Waals surface area contributed by atoms with Gasteiger partial charge >= 0.3 is 0 Å². The third-order valence-electron chi connectivity index (χ3n) is 3.85. The van der Waals surface area contributed by atoms with E-state index in [-0.39, 0.29) is 11.9 Å². The number of nitrogens with zero attached hydrogens (tertiary/aromatic N) is 2. The Labute approximate surface area is 130 Å². The number of hydrogen-bond acceptors (Lipinski definition) is 2. The molecule has 1 heterocycles. The van der Waals surface area contributed by atoms with Crippen molar-refractivity contribution in [2.75, 3.05) is 12.4 Å². The zero-order valence-electron chi connectivity index (χ0n) is 12.6. The summed E-state index contributed by atoms with van der Waals surface area (Å²) in [6, 6.07) is 9.76. The van der Waals surface area contributed by atoms with Gasteiger partial charge in [-0.2, -0.15) is 0 Å². The fraction of sp³-hybridized carbons (Fsp3) is 0.412. The van der Waals surface area contributed by atoms with E-state index in [1.807, 2.05) is 29.2 Å². The second-order valence-electron chi connectivity index (χ2n) is 5.03. The molecule has 0 spiro atoms. The van der Waals surface area contributed by atoms with Crippen LogP contribution < -0.4 is 0 Å². The molecule has 2 rings (SSSR count). The zero-order chi connectivity index (χ0) is 15.2. The van der Waals surface area contributed by atoms with Crippen LogP contribution in [0.15, 0.2) is 36.5 Å². The average Bonchev–Trinajstić information content (AvgIpc) is 2.54. The van der Waals surface area contributed by atoms with Crippen molar-refractivity contribution in [2.24, 2.45) is 0 Å². The van der Waals surface area contributed by atoms with Crippen molar-refractivity contribution in [3.63, 3.8) is 0 Å². The van der Waals surface area contributed by atoms with Gasteiger partial charge in [0.25, 0.3) is 5.91 Å². The summed E-state index contributed by atoms with van der Waals surface area (Å²) in [6.07, 6.45) is 3.56. The summed E-state index contributed by atoms with van der Waals surface area (Å²) in [5.41, 5.74) is 1.55. The van der Waals surface area contributed by atoms with Crippen LogP contribution in [0.1, 0.15) is 37.0 Å². The lowest BCUT2D eigenvalue weighted by Crippen LogP contribution is -2.41. The SMILES string of the molecule is CCC(CC)N(CCCl)C(=O)c1ccnc2ccccc12. The Hall–Kier alpha value is -1.61. The van der Waals surface area contributed by atoms with Gasteiger partial charge in [0.2, 0.25) is 0 Å². The Morgan fingerprint density at radius 1 is 1.24 bits per heavy atom. The summed E-state index contributed by atoms with van der Waals surface area (Å²) >= 11 is 5.90. The minimum absolute atomic E-state index is 0.0444. The first-order chi connectivity index (χ1) is 10.2. The van der Waals surface area contributed by atoms with E-state index in [9.17, 15) is 4.79 Å². The van der Waals surface area contributed by atoms with Gasteiger partial charge in [-0.3, -0.25) is 9.78 Å². The van der Waals surface area contributed by atoms with E-state index in [1.165, 1.54) is 0 Å². The molecule has 1 aromatic heterocycles. The molecule has 0 bridgehead atoms. The maximum atomic E-state index is 12.9. The van der Waals surface area contributed by atoms with E-state index in [1.54, 1.807) is 12.3 Å². The number of aromatic nitrogens is 1. The highest BCUT2D eigenvalue weighted by Crippen LogP contribution is 2.20. The largest absolute Gasteiger partial charge is 0.334 e. The van der Waals surface area contributed by atoms with Crippen LogP contribution in [0.4, 0.5) is 0 Å². The molecule has 0 fully saturated rings. The summed E-state index contributed by atoms with van der Waals surface area (Å²) in [5, 5.41) is 0.899. The Morgan fingerprint density at radius 2 is 1.95 bits per heavy atom. The normalized spacial score (nSPS) is 11.0. The molecule has 1 aromatic carbocycles. The fourth-order valence-corrected chi connectivity index (χ4v) is 2.89. The van der Waals surface area contributed by atoms with Crippen molar-refractivity contribution >= 4 is 28.4 Å². The predicted octanol–water partition coefficient (Wildman–Crippen LogP) is 4.10. The molecular formula is C17H21ClN2O. The van der Waals surface area contributed by atoms with Gasteiger partial charge < -0.3 is 4.90 Å². The van der Waals surface area contributed by atoms with Crippen molar-refractivity contribution in [1.29, 1.82) is 0 Å². The maximum Gasteiger partial charge on any atom is 0.254 e. The van der Waals surface area contributed by atoms with Gasteiger partial charge in [-0.15, -0.1) is 11.6 Å². The topological polar surface area (TPSA) is 33.2 Å². The molecule has 0 aliphatic heterocycles. The van der Waals surface area contributed by atoms with Gasteiger partial charge in [-0.05, 0) is 25.0 Å². The number of carbonyl (C=O) groups excluding carboxylic acids is 1. The molecule has 21 heavy (non-hydrogen) atoms. The van der Waals surface area contributed by atoms with E-state index in [0.717, 1.165) is 23.7 Å². The number of para-hydroxylation sites is 1. The summed E-state index contributed by atoms with van der Waals surface area (Å²) in [4.78, 5) is 19.2. The molecule has 0 radical (unpaired) electrons. The van der Waals surface area contributed by atoms with Gasteiger partial charge in [-0.25, -0.2) is 0 Å². The summed E-state index contributed by atoms with van der Waals surface area (Å²) in [6.45, 7) is 4.78. The van der Waals surface area contributed by atoms with Crippen LogP contribution in [-0.2, 0) is 0 Å². The molecule has 0 saturated carbocycles. The first-order valence-corrected chi connectivity index (χ1v) is 7.97. The third kappa shape index (κ3) is 3.35. The second-order valence-corrected chi connectivity index (χ2v) is 5.41. The number of benzene rings is 1. The molecule has 0 saturated heterocycles. The number of amides is 1. The molecule has 0 aliphatic carbocycles. The average molecular weight is 305 g/mol. The van der Waals surface area contributed by atoms with Gasteiger partial charge in [0.1, 0.15) is 0 Å². The first kappa shape index (κ1) is 15.8. The fourth-order valence-electron chi connectivity index (χ4n) is 2.71. The van der Waals surface area contributed by atoms with Crippen molar-refractivity contribution in [3.05, 3.63) is 42.1 Å². The number of rotatable bonds is 6. The Balaban J connectivity index is 2.43. The van der Waals surface area contributed by atoms with Gasteiger partial charge in [-0.1, -0.05) is 32.0 Å². The predicted molar refractivity (Wildman–Crippen MR) is 87.9 cm³/mol.